The average molecular weight is 544 g/mol. The van der Waals surface area contributed by atoms with Crippen molar-refractivity contribution in [3.63, 3.8) is 0 Å². The molecule has 3 N–H and O–H groups in total. The number of benzene rings is 1. The van der Waals surface area contributed by atoms with Crippen molar-refractivity contribution in [3.8, 4) is 5.75 Å². The summed E-state index contributed by atoms with van der Waals surface area (Å²) in [4.78, 5) is 57.3. The molecule has 0 aromatic heterocycles. The number of hydrogen-bond acceptors (Lipinski definition) is 7. The minimum atomic E-state index is -1.12. The summed E-state index contributed by atoms with van der Waals surface area (Å²) < 4.78 is 11.4. The van der Waals surface area contributed by atoms with Crippen molar-refractivity contribution in [2.24, 2.45) is 5.92 Å². The molecular weight excluding hydrogens is 502 g/mol. The summed E-state index contributed by atoms with van der Waals surface area (Å²) in [6, 6.07) is 4.84. The first-order chi connectivity index (χ1) is 18.8. The van der Waals surface area contributed by atoms with E-state index in [1.165, 1.54) is 0 Å². The molecule has 4 rings (SSSR count). The molecule has 0 radical (unpaired) electrons. The predicted octanol–water partition coefficient (Wildman–Crippen LogP) is 0.538. The Morgan fingerprint density at radius 3 is 2.64 bits per heavy atom. The van der Waals surface area contributed by atoms with Crippen molar-refractivity contribution in [2.75, 3.05) is 52.5 Å². The van der Waals surface area contributed by atoms with Gasteiger partial charge in [0.2, 0.25) is 17.7 Å². The fraction of sp³-hybridized carbons (Fsp3) is 0.643. The van der Waals surface area contributed by atoms with Gasteiger partial charge in [0.1, 0.15) is 24.4 Å². The van der Waals surface area contributed by atoms with Crippen LogP contribution in [0.15, 0.2) is 24.3 Å². The zero-order valence-electron chi connectivity index (χ0n) is 22.9. The van der Waals surface area contributed by atoms with Crippen molar-refractivity contribution in [1.82, 2.24) is 25.8 Å². The second kappa shape index (κ2) is 13.7. The van der Waals surface area contributed by atoms with Crippen LogP contribution in [-0.4, -0.2) is 104 Å². The first-order valence-corrected chi connectivity index (χ1v) is 14.0. The summed E-state index contributed by atoms with van der Waals surface area (Å²) in [6.07, 6.45) is 1.82. The molecule has 0 aliphatic carbocycles. The molecule has 3 heterocycles. The van der Waals surface area contributed by atoms with Crippen LogP contribution in [0.4, 0.5) is 0 Å². The van der Waals surface area contributed by atoms with E-state index in [2.05, 4.69) is 20.9 Å². The number of carbonyl (C=O) groups is 4. The smallest absolute Gasteiger partial charge is 0.255 e. The van der Waals surface area contributed by atoms with E-state index in [1.807, 2.05) is 13.8 Å². The van der Waals surface area contributed by atoms with E-state index in [1.54, 1.807) is 29.2 Å². The molecule has 3 aliphatic rings. The molecule has 11 heteroatoms. The van der Waals surface area contributed by atoms with Crippen LogP contribution in [0.3, 0.4) is 0 Å². The van der Waals surface area contributed by atoms with Gasteiger partial charge in [0.05, 0.1) is 31.2 Å². The largest absolute Gasteiger partial charge is 0.491 e. The lowest BCUT2D eigenvalue weighted by atomic mass is 10.0. The van der Waals surface area contributed by atoms with Gasteiger partial charge in [0, 0.05) is 32.7 Å². The normalized spacial score (nSPS) is 25.2. The number of rotatable bonds is 6. The Labute approximate surface area is 229 Å². The molecule has 0 bridgehead atoms. The minimum Gasteiger partial charge on any atom is -0.491 e. The Kier molecular flexibility index (Phi) is 10.2. The second-order valence-corrected chi connectivity index (χ2v) is 10.9. The summed E-state index contributed by atoms with van der Waals surface area (Å²) in [5, 5.41) is 8.46. The fourth-order valence-corrected chi connectivity index (χ4v) is 5.33. The van der Waals surface area contributed by atoms with E-state index in [0.29, 0.717) is 45.0 Å². The highest BCUT2D eigenvalue weighted by Gasteiger charge is 2.36. The molecule has 1 aromatic rings. The Bertz CT molecular complexity index is 1030. The maximum Gasteiger partial charge on any atom is 0.255 e. The van der Waals surface area contributed by atoms with Gasteiger partial charge in [-0.05, 0) is 37.3 Å². The number of nitrogens with one attached hydrogen (secondary N) is 3. The summed E-state index contributed by atoms with van der Waals surface area (Å²) in [6.45, 7) is 8.73. The molecule has 0 saturated carbocycles. The molecule has 11 nitrogen and oxygen atoms in total. The van der Waals surface area contributed by atoms with Gasteiger partial charge in [0.25, 0.3) is 5.91 Å². The Morgan fingerprint density at radius 1 is 1.10 bits per heavy atom. The van der Waals surface area contributed by atoms with Gasteiger partial charge in [-0.1, -0.05) is 26.0 Å². The number of fused-ring (bicyclic) bond motifs is 2. The van der Waals surface area contributed by atoms with Crippen LogP contribution >= 0.6 is 0 Å². The zero-order valence-corrected chi connectivity index (χ0v) is 22.9. The summed E-state index contributed by atoms with van der Waals surface area (Å²) in [5.41, 5.74) is 0.273. The summed E-state index contributed by atoms with van der Waals surface area (Å²) in [5.74, 6) is -1.00. The van der Waals surface area contributed by atoms with Crippen LogP contribution in [0.2, 0.25) is 0 Å². The lowest BCUT2D eigenvalue weighted by Crippen LogP contribution is -2.54. The van der Waals surface area contributed by atoms with E-state index >= 15 is 0 Å². The minimum absolute atomic E-state index is 0.135. The van der Waals surface area contributed by atoms with Gasteiger partial charge >= 0.3 is 0 Å². The van der Waals surface area contributed by atoms with E-state index in [-0.39, 0.29) is 36.5 Å². The van der Waals surface area contributed by atoms with Crippen molar-refractivity contribution < 1.29 is 28.7 Å². The molecule has 0 unspecified atom stereocenters. The maximum absolute atomic E-state index is 13.6. The van der Waals surface area contributed by atoms with Gasteiger partial charge in [0.15, 0.2) is 0 Å². The molecule has 3 atom stereocenters. The summed E-state index contributed by atoms with van der Waals surface area (Å²) >= 11 is 0. The molecule has 2 saturated heterocycles. The third-order valence-corrected chi connectivity index (χ3v) is 7.41. The highest BCUT2D eigenvalue weighted by Crippen LogP contribution is 2.24. The molecule has 3 aliphatic heterocycles. The third-order valence-electron chi connectivity index (χ3n) is 7.41. The highest BCUT2D eigenvalue weighted by atomic mass is 16.5. The van der Waals surface area contributed by atoms with E-state index < -0.39 is 29.8 Å². The molecule has 4 amide bonds. The van der Waals surface area contributed by atoms with Gasteiger partial charge in [-0.25, -0.2) is 0 Å². The van der Waals surface area contributed by atoms with Crippen molar-refractivity contribution in [2.45, 2.75) is 57.7 Å². The first kappa shape index (κ1) is 28.8. The number of morpholine rings is 1. The summed E-state index contributed by atoms with van der Waals surface area (Å²) in [7, 11) is 0. The van der Waals surface area contributed by atoms with Gasteiger partial charge in [-0.15, -0.1) is 0 Å². The molecule has 0 spiro atoms. The van der Waals surface area contributed by atoms with E-state index in [4.69, 9.17) is 9.47 Å². The van der Waals surface area contributed by atoms with Gasteiger partial charge in [-0.2, -0.15) is 0 Å². The number of para-hydroxylation sites is 1. The van der Waals surface area contributed by atoms with Gasteiger partial charge < -0.3 is 30.3 Å². The number of ether oxygens (including phenoxy) is 2. The fourth-order valence-electron chi connectivity index (χ4n) is 5.33. The standard InChI is InChI=1S/C28H41N5O6/c1-19(2)16-23-28(37)33-10-5-6-20(33)18-39-24-8-4-3-7-21(24)26(35)31-22(17-25(34)30-23)27(36)29-9-11-32-12-14-38-15-13-32/h3-4,7-8,19-20,22-23H,5-6,9-18H2,1-2H3,(H,29,36)(H,30,34)(H,31,35)/t20-,22+,23+/m1/s1. The molecule has 1 aromatic carbocycles. The SMILES string of the molecule is CC(C)C[C@@H]1NC(=O)C[C@@H](C(=O)NCCN2CCOCC2)NC(=O)c2ccccc2OC[C@H]2CCCN2C1=O. The van der Waals surface area contributed by atoms with Crippen LogP contribution in [0.5, 0.6) is 5.75 Å². The van der Waals surface area contributed by atoms with Crippen LogP contribution in [-0.2, 0) is 19.1 Å². The lowest BCUT2D eigenvalue weighted by Gasteiger charge is -2.31. The predicted molar refractivity (Wildman–Crippen MR) is 144 cm³/mol. The number of nitrogens with zero attached hydrogens (tertiary/aromatic N) is 2. The van der Waals surface area contributed by atoms with E-state index in [0.717, 1.165) is 25.9 Å². The molecule has 214 valence electrons. The Balaban J connectivity index is 1.54. The number of amides is 4. The van der Waals surface area contributed by atoms with Crippen molar-refractivity contribution in [3.05, 3.63) is 29.8 Å². The van der Waals surface area contributed by atoms with E-state index in [9.17, 15) is 19.2 Å². The monoisotopic (exact) mass is 543 g/mol. The Hall–Kier alpha value is -3.18. The number of carbonyl (C=O) groups excluding carboxylic acids is 4. The molecular formula is C28H41N5O6. The quantitative estimate of drug-likeness (QED) is 0.478. The average Bonchev–Trinajstić information content (AvgIpc) is 3.39. The zero-order chi connectivity index (χ0) is 27.8. The highest BCUT2D eigenvalue weighted by molar-refractivity contribution is 6.01. The molecule has 2 fully saturated rings. The lowest BCUT2D eigenvalue weighted by molar-refractivity contribution is -0.138. The van der Waals surface area contributed by atoms with Crippen LogP contribution in [0.1, 0.15) is 49.9 Å². The van der Waals surface area contributed by atoms with Gasteiger partial charge in [-0.3, -0.25) is 24.1 Å². The van der Waals surface area contributed by atoms with Crippen LogP contribution < -0.4 is 20.7 Å². The number of hydrogen-bond donors (Lipinski definition) is 3. The topological polar surface area (TPSA) is 129 Å². The van der Waals surface area contributed by atoms with Crippen molar-refractivity contribution in [1.29, 1.82) is 0 Å². The molecule has 39 heavy (non-hydrogen) atoms. The maximum atomic E-state index is 13.6. The third kappa shape index (κ3) is 7.92. The van der Waals surface area contributed by atoms with Crippen molar-refractivity contribution >= 4 is 23.6 Å². The Morgan fingerprint density at radius 2 is 1.87 bits per heavy atom. The first-order valence-electron chi connectivity index (χ1n) is 14.0. The van der Waals surface area contributed by atoms with Crippen LogP contribution in [0.25, 0.3) is 0 Å². The second-order valence-electron chi connectivity index (χ2n) is 10.9. The van der Waals surface area contributed by atoms with Crippen LogP contribution in [0, 0.1) is 5.92 Å².